The van der Waals surface area contributed by atoms with E-state index in [0.29, 0.717) is 4.83 Å². The second kappa shape index (κ2) is 2.63. The molecule has 0 bridgehead atoms. The van der Waals surface area contributed by atoms with Gasteiger partial charge in [-0.3, -0.25) is 0 Å². The van der Waals surface area contributed by atoms with Crippen molar-refractivity contribution in [2.45, 2.75) is 24.6 Å². The molecule has 1 aromatic carbocycles. The van der Waals surface area contributed by atoms with Crippen LogP contribution in [0.2, 0.25) is 0 Å². The lowest BCUT2D eigenvalue weighted by Gasteiger charge is -2.02. The second-order valence-corrected chi connectivity index (χ2v) is 4.31. The summed E-state index contributed by atoms with van der Waals surface area (Å²) < 4.78 is 0. The lowest BCUT2D eigenvalue weighted by atomic mass is 10.1. The number of benzene rings is 1. The first-order chi connectivity index (χ1) is 5.27. The van der Waals surface area contributed by atoms with Crippen molar-refractivity contribution < 1.29 is 0 Å². The van der Waals surface area contributed by atoms with E-state index in [0.717, 1.165) is 0 Å². The lowest BCUT2D eigenvalue weighted by molar-refractivity contribution is 0.903. The number of hydrogen-bond acceptors (Lipinski definition) is 0. The van der Waals surface area contributed by atoms with E-state index in [1.807, 2.05) is 0 Å². The molecule has 2 rings (SSSR count). The first-order valence-corrected chi connectivity index (χ1v) is 4.92. The van der Waals surface area contributed by atoms with Crippen LogP contribution in [0.3, 0.4) is 0 Å². The molecule has 1 heteroatoms. The van der Waals surface area contributed by atoms with Gasteiger partial charge in [0.25, 0.3) is 0 Å². The van der Waals surface area contributed by atoms with Crippen LogP contribution in [0.4, 0.5) is 0 Å². The normalized spacial score (nSPS) is 21.8. The number of halogens is 1. The molecule has 0 fully saturated rings. The van der Waals surface area contributed by atoms with Crippen LogP contribution in [0.5, 0.6) is 0 Å². The Hall–Kier alpha value is -0.300. The predicted molar refractivity (Wildman–Crippen MR) is 51.2 cm³/mol. The van der Waals surface area contributed by atoms with E-state index in [1.165, 1.54) is 29.5 Å². The minimum absolute atomic E-state index is 0.609. The van der Waals surface area contributed by atoms with Gasteiger partial charge in [-0.05, 0) is 30.9 Å². The van der Waals surface area contributed by atoms with Gasteiger partial charge in [0.2, 0.25) is 0 Å². The van der Waals surface area contributed by atoms with Crippen LogP contribution in [0.15, 0.2) is 18.2 Å². The van der Waals surface area contributed by atoms with Gasteiger partial charge in [-0.2, -0.15) is 0 Å². The highest BCUT2D eigenvalue weighted by atomic mass is 79.9. The Morgan fingerprint density at radius 1 is 1.45 bits per heavy atom. The summed E-state index contributed by atoms with van der Waals surface area (Å²) in [6.07, 6.45) is 2.51. The SMILES string of the molecule is Cc1ccc2c(c1)CCC2Br. The van der Waals surface area contributed by atoms with Crippen molar-refractivity contribution in [3.05, 3.63) is 34.9 Å². The predicted octanol–water partition coefficient (Wildman–Crippen LogP) is 3.38. The molecular weight excluding hydrogens is 200 g/mol. The fourth-order valence-electron chi connectivity index (χ4n) is 1.69. The van der Waals surface area contributed by atoms with Crippen LogP contribution >= 0.6 is 15.9 Å². The zero-order valence-corrected chi connectivity index (χ0v) is 8.19. The molecule has 0 spiro atoms. The third-order valence-electron chi connectivity index (χ3n) is 2.30. The number of aryl methyl sites for hydroxylation is 2. The third-order valence-corrected chi connectivity index (χ3v) is 3.25. The smallest absolute Gasteiger partial charge is 0.0401 e. The van der Waals surface area contributed by atoms with Crippen molar-refractivity contribution >= 4 is 15.9 Å². The van der Waals surface area contributed by atoms with Crippen LogP contribution in [-0.2, 0) is 6.42 Å². The highest BCUT2D eigenvalue weighted by Crippen LogP contribution is 2.37. The molecule has 11 heavy (non-hydrogen) atoms. The zero-order chi connectivity index (χ0) is 7.84. The Bertz CT molecular complexity index is 278. The largest absolute Gasteiger partial charge is 0.0839 e. The van der Waals surface area contributed by atoms with Gasteiger partial charge >= 0.3 is 0 Å². The van der Waals surface area contributed by atoms with Gasteiger partial charge in [-0.1, -0.05) is 39.7 Å². The Kier molecular flexibility index (Phi) is 1.76. The maximum atomic E-state index is 3.66. The fraction of sp³-hybridized carbons (Fsp3) is 0.400. The molecule has 0 saturated heterocycles. The Morgan fingerprint density at radius 2 is 2.27 bits per heavy atom. The Balaban J connectivity index is 2.50. The van der Waals surface area contributed by atoms with Crippen molar-refractivity contribution in [3.63, 3.8) is 0 Å². The van der Waals surface area contributed by atoms with Gasteiger partial charge in [0.15, 0.2) is 0 Å². The van der Waals surface area contributed by atoms with Crippen molar-refractivity contribution in [3.8, 4) is 0 Å². The number of fused-ring (bicyclic) bond motifs is 1. The van der Waals surface area contributed by atoms with E-state index < -0.39 is 0 Å². The van der Waals surface area contributed by atoms with Gasteiger partial charge in [-0.25, -0.2) is 0 Å². The fourth-order valence-corrected chi connectivity index (χ4v) is 2.37. The first-order valence-electron chi connectivity index (χ1n) is 4.01. The minimum atomic E-state index is 0.609. The monoisotopic (exact) mass is 210 g/mol. The van der Waals surface area contributed by atoms with Crippen molar-refractivity contribution in [1.82, 2.24) is 0 Å². The molecule has 0 aliphatic heterocycles. The topological polar surface area (TPSA) is 0 Å². The van der Waals surface area contributed by atoms with Crippen LogP contribution in [-0.4, -0.2) is 0 Å². The molecule has 0 amide bonds. The molecule has 0 nitrogen and oxygen atoms in total. The average Bonchev–Trinajstić information content (AvgIpc) is 2.32. The molecule has 0 N–H and O–H groups in total. The molecule has 0 saturated carbocycles. The maximum Gasteiger partial charge on any atom is 0.0401 e. The van der Waals surface area contributed by atoms with Gasteiger partial charge in [0, 0.05) is 4.83 Å². The summed E-state index contributed by atoms with van der Waals surface area (Å²) in [6.45, 7) is 2.15. The molecule has 1 aromatic rings. The summed E-state index contributed by atoms with van der Waals surface area (Å²) in [5, 5.41) is 0. The highest BCUT2D eigenvalue weighted by molar-refractivity contribution is 9.09. The minimum Gasteiger partial charge on any atom is -0.0839 e. The average molecular weight is 211 g/mol. The summed E-state index contributed by atoms with van der Waals surface area (Å²) in [7, 11) is 0. The van der Waals surface area contributed by atoms with Crippen LogP contribution in [0, 0.1) is 6.92 Å². The van der Waals surface area contributed by atoms with Crippen LogP contribution in [0.25, 0.3) is 0 Å². The Labute approximate surface area is 75.8 Å². The second-order valence-electron chi connectivity index (χ2n) is 3.21. The highest BCUT2D eigenvalue weighted by Gasteiger charge is 2.18. The number of rotatable bonds is 0. The van der Waals surface area contributed by atoms with Gasteiger partial charge in [0.05, 0.1) is 0 Å². The van der Waals surface area contributed by atoms with Gasteiger partial charge in [0.1, 0.15) is 0 Å². The molecule has 1 atom stereocenters. The van der Waals surface area contributed by atoms with E-state index >= 15 is 0 Å². The summed E-state index contributed by atoms with van der Waals surface area (Å²) in [5.41, 5.74) is 4.41. The molecule has 1 unspecified atom stereocenters. The molecular formula is C10H11Br. The standard InChI is InChI=1S/C10H11Br/c1-7-2-4-9-8(6-7)3-5-10(9)11/h2,4,6,10H,3,5H2,1H3. The zero-order valence-electron chi connectivity index (χ0n) is 6.60. The quantitative estimate of drug-likeness (QED) is 0.577. The third kappa shape index (κ3) is 1.22. The summed E-state index contributed by atoms with van der Waals surface area (Å²) in [5.74, 6) is 0. The molecule has 0 heterocycles. The molecule has 58 valence electrons. The first kappa shape index (κ1) is 7.35. The molecule has 0 radical (unpaired) electrons. The lowest BCUT2D eigenvalue weighted by Crippen LogP contribution is -1.83. The van der Waals surface area contributed by atoms with E-state index in [9.17, 15) is 0 Å². The molecule has 1 aliphatic rings. The van der Waals surface area contributed by atoms with E-state index in [1.54, 1.807) is 0 Å². The van der Waals surface area contributed by atoms with Crippen LogP contribution < -0.4 is 0 Å². The number of hydrogen-bond donors (Lipinski definition) is 0. The van der Waals surface area contributed by atoms with Gasteiger partial charge < -0.3 is 0 Å². The summed E-state index contributed by atoms with van der Waals surface area (Å²) in [4.78, 5) is 0.609. The van der Waals surface area contributed by atoms with Crippen molar-refractivity contribution in [2.24, 2.45) is 0 Å². The van der Waals surface area contributed by atoms with Crippen LogP contribution in [0.1, 0.15) is 27.9 Å². The maximum absolute atomic E-state index is 3.66. The van der Waals surface area contributed by atoms with Gasteiger partial charge in [-0.15, -0.1) is 0 Å². The summed E-state index contributed by atoms with van der Waals surface area (Å²) >= 11 is 3.66. The molecule has 1 aliphatic carbocycles. The van der Waals surface area contributed by atoms with E-state index in [2.05, 4.69) is 41.1 Å². The van der Waals surface area contributed by atoms with E-state index in [-0.39, 0.29) is 0 Å². The summed E-state index contributed by atoms with van der Waals surface area (Å²) in [6, 6.07) is 6.74. The van der Waals surface area contributed by atoms with Crippen molar-refractivity contribution in [1.29, 1.82) is 0 Å². The Morgan fingerprint density at radius 3 is 3.09 bits per heavy atom. The van der Waals surface area contributed by atoms with Crippen molar-refractivity contribution in [2.75, 3.05) is 0 Å². The molecule has 0 aromatic heterocycles. The number of alkyl halides is 1. The van der Waals surface area contributed by atoms with E-state index in [4.69, 9.17) is 0 Å².